The van der Waals surface area contributed by atoms with Gasteiger partial charge in [0.1, 0.15) is 11.8 Å². The summed E-state index contributed by atoms with van der Waals surface area (Å²) in [6.45, 7) is 2.93. The highest BCUT2D eigenvalue weighted by Crippen LogP contribution is 2.31. The van der Waals surface area contributed by atoms with Gasteiger partial charge in [-0.25, -0.2) is 9.59 Å². The van der Waals surface area contributed by atoms with Crippen molar-refractivity contribution < 1.29 is 28.8 Å². The highest BCUT2D eigenvalue weighted by molar-refractivity contribution is 6.36. The Morgan fingerprint density at radius 3 is 2.30 bits per heavy atom. The van der Waals surface area contributed by atoms with E-state index in [9.17, 15) is 19.2 Å². The van der Waals surface area contributed by atoms with Gasteiger partial charge in [-0.3, -0.25) is 9.59 Å². The van der Waals surface area contributed by atoms with Crippen LogP contribution in [0.4, 0.5) is 15.3 Å². The third-order valence-corrected chi connectivity index (χ3v) is 7.88. The number of methoxy groups -OCH3 is 1. The number of carbonyl (C=O) groups is 4. The third kappa shape index (κ3) is 5.79. The predicted molar refractivity (Wildman–Crippen MR) is 147 cm³/mol. The number of carbonyl (C=O) groups excluding carboxylic acids is 4. The molecule has 12 heteroatoms. The topological polar surface area (TPSA) is 112 Å². The summed E-state index contributed by atoms with van der Waals surface area (Å²) in [5.74, 6) is -0.00973. The normalized spacial score (nSPS) is 19.5. The van der Waals surface area contributed by atoms with Crippen LogP contribution in [0.25, 0.3) is 0 Å². The molecule has 5 amide bonds. The molecule has 3 aliphatic heterocycles. The van der Waals surface area contributed by atoms with Crippen LogP contribution in [0.3, 0.4) is 0 Å². The summed E-state index contributed by atoms with van der Waals surface area (Å²) in [7, 11) is 1.56. The highest BCUT2D eigenvalue weighted by atomic mass is 35.5. The van der Waals surface area contributed by atoms with Crippen molar-refractivity contribution in [2.24, 2.45) is 0 Å². The quantitative estimate of drug-likeness (QED) is 0.531. The average Bonchev–Trinajstić information content (AvgIpc) is 3.25. The van der Waals surface area contributed by atoms with Gasteiger partial charge in [0.05, 0.1) is 23.4 Å². The van der Waals surface area contributed by atoms with Gasteiger partial charge in [0, 0.05) is 45.7 Å². The van der Waals surface area contributed by atoms with Gasteiger partial charge in [0.25, 0.3) is 11.8 Å². The molecule has 3 saturated heterocycles. The molecule has 0 unspecified atom stereocenters. The first-order valence-corrected chi connectivity index (χ1v) is 13.8. The van der Waals surface area contributed by atoms with E-state index in [0.29, 0.717) is 47.6 Å². The third-order valence-electron chi connectivity index (χ3n) is 7.48. The fourth-order valence-corrected chi connectivity index (χ4v) is 5.52. The minimum absolute atomic E-state index is 0.0624. The molecule has 0 aromatic heterocycles. The number of urea groups is 1. The number of piperidine rings is 1. The van der Waals surface area contributed by atoms with Crippen molar-refractivity contribution in [3.05, 3.63) is 58.6 Å². The number of hydroxylamine groups is 2. The Labute approximate surface area is 237 Å². The number of benzene rings is 2. The van der Waals surface area contributed by atoms with Crippen molar-refractivity contribution in [3.8, 4) is 5.75 Å². The Morgan fingerprint density at radius 2 is 1.62 bits per heavy atom. The predicted octanol–water partition coefficient (Wildman–Crippen LogP) is 3.31. The number of hydrogen-bond donors (Lipinski definition) is 1. The standard InChI is InChI=1S/C28H32ClN5O6/c1-39-20-10-8-19(9-11-20)18-22-26(36)34(27(37)30-22)40-28(38)33-16-14-31(15-17-33)23-7-5-6-21(24(23)29)25(35)32-12-3-2-4-13-32/h5-11,22H,2-4,12-18H2,1H3,(H,30,37)/t22-/m0/s1. The molecular weight excluding hydrogens is 538 g/mol. The Hall–Kier alpha value is -3.99. The van der Waals surface area contributed by atoms with Crippen LogP contribution in [0.1, 0.15) is 35.2 Å². The van der Waals surface area contributed by atoms with Crippen LogP contribution in [0.2, 0.25) is 5.02 Å². The van der Waals surface area contributed by atoms with Gasteiger partial charge in [-0.1, -0.05) is 34.9 Å². The van der Waals surface area contributed by atoms with Gasteiger partial charge in [-0.05, 0) is 49.1 Å². The van der Waals surface area contributed by atoms with Crippen molar-refractivity contribution in [1.82, 2.24) is 20.2 Å². The summed E-state index contributed by atoms with van der Waals surface area (Å²) < 4.78 is 5.14. The number of anilines is 1. The van der Waals surface area contributed by atoms with E-state index in [-0.39, 0.29) is 12.3 Å². The molecule has 212 valence electrons. The molecule has 1 N–H and O–H groups in total. The number of ether oxygens (including phenoxy) is 1. The van der Waals surface area contributed by atoms with Crippen molar-refractivity contribution in [2.45, 2.75) is 31.7 Å². The molecule has 0 radical (unpaired) electrons. The molecular formula is C28H32ClN5O6. The lowest BCUT2D eigenvalue weighted by molar-refractivity contribution is -0.151. The molecule has 0 spiro atoms. The molecule has 0 saturated carbocycles. The number of piperazine rings is 1. The molecule has 1 atom stereocenters. The molecule has 2 aromatic rings. The fourth-order valence-electron chi connectivity index (χ4n) is 5.20. The largest absolute Gasteiger partial charge is 0.497 e. The lowest BCUT2D eigenvalue weighted by Gasteiger charge is -2.36. The monoisotopic (exact) mass is 569 g/mol. The molecule has 11 nitrogen and oxygen atoms in total. The van der Waals surface area contributed by atoms with Gasteiger partial charge in [0.2, 0.25) is 0 Å². The minimum atomic E-state index is -0.840. The Bertz CT molecular complexity index is 1270. The number of nitrogens with zero attached hydrogens (tertiary/aromatic N) is 4. The van der Waals surface area contributed by atoms with Crippen molar-refractivity contribution in [2.75, 3.05) is 51.3 Å². The number of hydrogen-bond acceptors (Lipinski definition) is 7. The van der Waals surface area contributed by atoms with Gasteiger partial charge in [-0.15, -0.1) is 0 Å². The molecule has 3 aliphatic rings. The van der Waals surface area contributed by atoms with E-state index < -0.39 is 24.1 Å². The average molecular weight is 570 g/mol. The molecule has 3 fully saturated rings. The van der Waals surface area contributed by atoms with Crippen molar-refractivity contribution in [1.29, 1.82) is 0 Å². The van der Waals surface area contributed by atoms with Crippen LogP contribution in [-0.2, 0) is 16.1 Å². The van der Waals surface area contributed by atoms with Gasteiger partial charge in [-0.2, -0.15) is 0 Å². The second-order valence-electron chi connectivity index (χ2n) is 10.0. The second-order valence-corrected chi connectivity index (χ2v) is 10.4. The smallest absolute Gasteiger partial charge is 0.434 e. The second kappa shape index (κ2) is 12.0. The minimum Gasteiger partial charge on any atom is -0.497 e. The number of amides is 5. The Kier molecular flexibility index (Phi) is 8.29. The lowest BCUT2D eigenvalue weighted by atomic mass is 10.1. The SMILES string of the molecule is COc1ccc(C[C@@H]2NC(=O)N(OC(=O)N3CCN(c4cccc(C(=O)N5CCCCC5)c4Cl)CC3)C2=O)cc1. The molecule has 0 bridgehead atoms. The maximum Gasteiger partial charge on any atom is 0.434 e. The summed E-state index contributed by atoms with van der Waals surface area (Å²) in [6, 6.07) is 10.9. The van der Waals surface area contributed by atoms with E-state index in [1.165, 1.54) is 4.90 Å². The zero-order chi connectivity index (χ0) is 28.2. The Balaban J connectivity index is 1.16. The molecule has 2 aromatic carbocycles. The summed E-state index contributed by atoms with van der Waals surface area (Å²) in [5.41, 5.74) is 2.03. The van der Waals surface area contributed by atoms with Crippen molar-refractivity contribution in [3.63, 3.8) is 0 Å². The molecule has 0 aliphatic carbocycles. The van der Waals surface area contributed by atoms with Crippen LogP contribution in [0.15, 0.2) is 42.5 Å². The summed E-state index contributed by atoms with van der Waals surface area (Å²) in [6.07, 6.45) is 2.59. The Morgan fingerprint density at radius 1 is 0.925 bits per heavy atom. The maximum atomic E-state index is 13.0. The number of nitrogens with one attached hydrogen (secondary N) is 1. The van der Waals surface area contributed by atoms with Gasteiger partial charge in [0.15, 0.2) is 0 Å². The number of likely N-dealkylation sites (tertiary alicyclic amines) is 1. The van der Waals surface area contributed by atoms with Crippen LogP contribution in [0, 0.1) is 0 Å². The zero-order valence-electron chi connectivity index (χ0n) is 22.3. The summed E-state index contributed by atoms with van der Waals surface area (Å²) in [5, 5.41) is 3.46. The van der Waals surface area contributed by atoms with Crippen LogP contribution in [-0.4, -0.2) is 91.2 Å². The first-order chi connectivity index (χ1) is 19.4. The zero-order valence-corrected chi connectivity index (χ0v) is 23.1. The lowest BCUT2D eigenvalue weighted by Crippen LogP contribution is -2.51. The van der Waals surface area contributed by atoms with E-state index >= 15 is 0 Å². The number of rotatable bonds is 6. The molecule has 40 heavy (non-hydrogen) atoms. The summed E-state index contributed by atoms with van der Waals surface area (Å²) >= 11 is 6.70. The maximum absolute atomic E-state index is 13.0. The van der Waals surface area contributed by atoms with E-state index in [1.54, 1.807) is 37.4 Å². The first kappa shape index (κ1) is 27.6. The van der Waals surface area contributed by atoms with E-state index in [4.69, 9.17) is 21.2 Å². The van der Waals surface area contributed by atoms with Crippen LogP contribution >= 0.6 is 11.6 Å². The van der Waals surface area contributed by atoms with E-state index in [0.717, 1.165) is 43.6 Å². The molecule has 5 rings (SSSR count). The summed E-state index contributed by atoms with van der Waals surface area (Å²) in [4.78, 5) is 61.6. The first-order valence-electron chi connectivity index (χ1n) is 13.4. The number of imide groups is 1. The van der Waals surface area contributed by atoms with Crippen LogP contribution < -0.4 is 15.0 Å². The van der Waals surface area contributed by atoms with E-state index in [1.807, 2.05) is 21.9 Å². The van der Waals surface area contributed by atoms with Crippen molar-refractivity contribution >= 4 is 41.2 Å². The fraction of sp³-hybridized carbons (Fsp3) is 0.429. The highest BCUT2D eigenvalue weighted by Gasteiger charge is 2.42. The van der Waals surface area contributed by atoms with Gasteiger partial charge >= 0.3 is 12.1 Å². The van der Waals surface area contributed by atoms with Gasteiger partial charge < -0.3 is 29.6 Å². The van der Waals surface area contributed by atoms with E-state index in [2.05, 4.69) is 5.32 Å². The molecule has 3 heterocycles. The number of halogens is 1. The van der Waals surface area contributed by atoms with Crippen LogP contribution in [0.5, 0.6) is 5.75 Å².